The fraction of sp³-hybridized carbons (Fsp3) is 0.769. The normalized spacial score (nSPS) is 29.5. The molecule has 0 bridgehead atoms. The Kier molecular flexibility index (Phi) is 4.82. The molecule has 0 saturated heterocycles. The summed E-state index contributed by atoms with van der Waals surface area (Å²) >= 11 is 0. The molecule has 0 heterocycles. The van der Waals surface area contributed by atoms with Crippen molar-refractivity contribution in [3.05, 3.63) is 12.2 Å². The highest BCUT2D eigenvalue weighted by Crippen LogP contribution is 2.40. The molecule has 1 rings (SSSR count). The van der Waals surface area contributed by atoms with Crippen LogP contribution in [0.15, 0.2) is 12.2 Å². The first kappa shape index (κ1) is 15.1. The fourth-order valence-corrected chi connectivity index (χ4v) is 2.30. The molecular weight excluding hydrogens is 245 g/mol. The number of halogens is 3. The van der Waals surface area contributed by atoms with Crippen LogP contribution in [0.3, 0.4) is 0 Å². The first-order valence-corrected chi connectivity index (χ1v) is 6.15. The molecule has 18 heavy (non-hydrogen) atoms. The van der Waals surface area contributed by atoms with Gasteiger partial charge >= 0.3 is 12.1 Å². The summed E-state index contributed by atoms with van der Waals surface area (Å²) in [6, 6.07) is 0. The molecule has 104 valence electrons. The highest BCUT2D eigenvalue weighted by Gasteiger charge is 2.44. The predicted molar refractivity (Wildman–Crippen MR) is 61.9 cm³/mol. The summed E-state index contributed by atoms with van der Waals surface area (Å²) in [6.45, 7) is 6.60. The lowest BCUT2D eigenvalue weighted by molar-refractivity contribution is -0.188. The maximum atomic E-state index is 12.8. The number of hydrogen-bond donors (Lipinski definition) is 0. The van der Waals surface area contributed by atoms with E-state index in [4.69, 9.17) is 4.74 Å². The van der Waals surface area contributed by atoms with Crippen LogP contribution in [0.5, 0.6) is 0 Å². The molecule has 1 fully saturated rings. The number of hydrogen-bond acceptors (Lipinski definition) is 2. The van der Waals surface area contributed by atoms with Crippen molar-refractivity contribution in [3.8, 4) is 0 Å². The SMILES string of the molecule is C=C(C)C(=O)OC1CCC(C)C(C(F)(F)F)CC1. The van der Waals surface area contributed by atoms with Crippen LogP contribution in [0.1, 0.15) is 39.5 Å². The van der Waals surface area contributed by atoms with Crippen molar-refractivity contribution in [2.75, 3.05) is 0 Å². The summed E-state index contributed by atoms with van der Waals surface area (Å²) < 4.78 is 43.4. The van der Waals surface area contributed by atoms with Crippen LogP contribution in [-0.2, 0) is 9.53 Å². The minimum absolute atomic E-state index is 0.0266. The molecule has 1 aliphatic carbocycles. The van der Waals surface area contributed by atoms with E-state index in [1.165, 1.54) is 6.92 Å². The smallest absolute Gasteiger partial charge is 0.392 e. The predicted octanol–water partition coefficient (Wildman–Crippen LogP) is 3.86. The van der Waals surface area contributed by atoms with E-state index in [9.17, 15) is 18.0 Å². The number of rotatable bonds is 2. The van der Waals surface area contributed by atoms with Crippen LogP contribution in [0.25, 0.3) is 0 Å². The molecule has 1 aliphatic rings. The molecule has 5 heteroatoms. The van der Waals surface area contributed by atoms with Crippen LogP contribution in [0.2, 0.25) is 0 Å². The number of carbonyl (C=O) groups excluding carboxylic acids is 1. The van der Waals surface area contributed by atoms with Gasteiger partial charge < -0.3 is 4.74 Å². The second-order valence-corrected chi connectivity index (χ2v) is 5.09. The summed E-state index contributed by atoms with van der Waals surface area (Å²) in [6.07, 6.45) is -3.35. The van der Waals surface area contributed by atoms with Gasteiger partial charge in [-0.25, -0.2) is 4.79 Å². The van der Waals surface area contributed by atoms with Gasteiger partial charge in [-0.1, -0.05) is 13.5 Å². The van der Waals surface area contributed by atoms with Crippen molar-refractivity contribution < 1.29 is 22.7 Å². The second-order valence-electron chi connectivity index (χ2n) is 5.09. The summed E-state index contributed by atoms with van der Waals surface area (Å²) in [5, 5.41) is 0. The average Bonchev–Trinajstić information content (AvgIpc) is 2.40. The molecule has 0 aromatic carbocycles. The molecule has 2 nitrogen and oxygen atoms in total. The number of alkyl halides is 3. The Balaban J connectivity index is 2.60. The second kappa shape index (κ2) is 5.76. The van der Waals surface area contributed by atoms with Crippen molar-refractivity contribution in [1.82, 2.24) is 0 Å². The number of ether oxygens (including phenoxy) is 1. The lowest BCUT2D eigenvalue weighted by atomic mass is 9.89. The van der Waals surface area contributed by atoms with Gasteiger partial charge in [0, 0.05) is 5.57 Å². The van der Waals surface area contributed by atoms with E-state index in [0.29, 0.717) is 12.8 Å². The van der Waals surface area contributed by atoms with Crippen molar-refractivity contribution >= 4 is 5.97 Å². The number of esters is 1. The monoisotopic (exact) mass is 264 g/mol. The van der Waals surface area contributed by atoms with Gasteiger partial charge in [0.25, 0.3) is 0 Å². The molecule has 1 saturated carbocycles. The van der Waals surface area contributed by atoms with Crippen LogP contribution >= 0.6 is 0 Å². The number of carbonyl (C=O) groups is 1. The van der Waals surface area contributed by atoms with Gasteiger partial charge in [0.2, 0.25) is 0 Å². The Morgan fingerprint density at radius 2 is 1.78 bits per heavy atom. The van der Waals surface area contributed by atoms with Crippen molar-refractivity contribution in [2.24, 2.45) is 11.8 Å². The zero-order valence-corrected chi connectivity index (χ0v) is 10.7. The lowest BCUT2D eigenvalue weighted by Crippen LogP contribution is -2.28. The first-order chi connectivity index (χ1) is 8.21. The molecule has 0 N–H and O–H groups in total. The largest absolute Gasteiger partial charge is 0.459 e. The van der Waals surface area contributed by atoms with Crippen LogP contribution in [0.4, 0.5) is 13.2 Å². The van der Waals surface area contributed by atoms with Gasteiger partial charge in [0.1, 0.15) is 6.10 Å². The Bertz CT molecular complexity index is 323. The van der Waals surface area contributed by atoms with E-state index in [2.05, 4.69) is 6.58 Å². The summed E-state index contributed by atoms with van der Waals surface area (Å²) in [5.41, 5.74) is 0.277. The fourth-order valence-electron chi connectivity index (χ4n) is 2.30. The van der Waals surface area contributed by atoms with Crippen molar-refractivity contribution in [2.45, 2.75) is 51.8 Å². The molecule has 0 aromatic rings. The molecule has 0 amide bonds. The van der Waals surface area contributed by atoms with Crippen LogP contribution in [0, 0.1) is 11.8 Å². The summed E-state index contributed by atoms with van der Waals surface area (Å²) in [5.74, 6) is -2.22. The third-order valence-electron chi connectivity index (χ3n) is 3.47. The van der Waals surface area contributed by atoms with E-state index in [-0.39, 0.29) is 18.4 Å². The maximum Gasteiger partial charge on any atom is 0.392 e. The third-order valence-corrected chi connectivity index (χ3v) is 3.47. The lowest BCUT2D eigenvalue weighted by Gasteiger charge is -2.23. The quantitative estimate of drug-likeness (QED) is 0.430. The van der Waals surface area contributed by atoms with Crippen molar-refractivity contribution in [1.29, 1.82) is 0 Å². The van der Waals surface area contributed by atoms with Gasteiger partial charge in [0.05, 0.1) is 5.92 Å². The van der Waals surface area contributed by atoms with Crippen LogP contribution < -0.4 is 0 Å². The van der Waals surface area contributed by atoms with Gasteiger partial charge in [-0.2, -0.15) is 13.2 Å². The molecule has 0 aliphatic heterocycles. The molecule has 0 aromatic heterocycles. The average molecular weight is 264 g/mol. The minimum atomic E-state index is -4.16. The minimum Gasteiger partial charge on any atom is -0.459 e. The van der Waals surface area contributed by atoms with Gasteiger partial charge in [-0.15, -0.1) is 0 Å². The Morgan fingerprint density at radius 1 is 1.22 bits per heavy atom. The molecule has 0 radical (unpaired) electrons. The van der Waals surface area contributed by atoms with Crippen molar-refractivity contribution in [3.63, 3.8) is 0 Å². The zero-order valence-electron chi connectivity index (χ0n) is 10.7. The van der Waals surface area contributed by atoms with E-state index in [1.807, 2.05) is 0 Å². The Hall–Kier alpha value is -1.00. The van der Waals surface area contributed by atoms with E-state index in [1.54, 1.807) is 6.92 Å². The Morgan fingerprint density at radius 3 is 2.28 bits per heavy atom. The highest BCUT2D eigenvalue weighted by molar-refractivity contribution is 5.87. The van der Waals surface area contributed by atoms with E-state index in [0.717, 1.165) is 0 Å². The maximum absolute atomic E-state index is 12.8. The van der Waals surface area contributed by atoms with Crippen LogP contribution in [-0.4, -0.2) is 18.2 Å². The summed E-state index contributed by atoms with van der Waals surface area (Å²) in [7, 11) is 0. The van der Waals surface area contributed by atoms with Gasteiger partial charge in [-0.05, 0) is 38.5 Å². The topological polar surface area (TPSA) is 26.3 Å². The molecule has 3 unspecified atom stereocenters. The highest BCUT2D eigenvalue weighted by atomic mass is 19.4. The standard InChI is InChI=1S/C13H19F3O2/c1-8(2)12(17)18-10-5-4-9(3)11(7-6-10)13(14,15)16/h9-11H,1,4-7H2,2-3H3. The van der Waals surface area contributed by atoms with E-state index >= 15 is 0 Å². The molecule has 0 spiro atoms. The Labute approximate surface area is 105 Å². The third kappa shape index (κ3) is 4.03. The van der Waals surface area contributed by atoms with E-state index < -0.39 is 30.1 Å². The molecular formula is C13H19F3O2. The molecule has 3 atom stereocenters. The van der Waals surface area contributed by atoms with Gasteiger partial charge in [-0.3, -0.25) is 0 Å². The summed E-state index contributed by atoms with van der Waals surface area (Å²) in [4.78, 5) is 11.3. The van der Waals surface area contributed by atoms with Gasteiger partial charge in [0.15, 0.2) is 0 Å². The first-order valence-electron chi connectivity index (χ1n) is 6.15. The zero-order chi connectivity index (χ0) is 13.9.